The van der Waals surface area contributed by atoms with Crippen molar-refractivity contribution in [2.75, 3.05) is 16.6 Å². The number of hydrogen-bond acceptors (Lipinski definition) is 5. The summed E-state index contributed by atoms with van der Waals surface area (Å²) in [7, 11) is -3.78. The fourth-order valence-electron chi connectivity index (χ4n) is 2.49. The van der Waals surface area contributed by atoms with Gasteiger partial charge in [0.05, 0.1) is 15.5 Å². The van der Waals surface area contributed by atoms with E-state index in [0.717, 1.165) is 30.6 Å². The largest absolute Gasteiger partial charge is 0.385 e. The van der Waals surface area contributed by atoms with Gasteiger partial charge in [0.15, 0.2) is 0 Å². The van der Waals surface area contributed by atoms with Gasteiger partial charge >= 0.3 is 0 Å². The van der Waals surface area contributed by atoms with Gasteiger partial charge in [-0.15, -0.1) is 0 Å². The summed E-state index contributed by atoms with van der Waals surface area (Å²) in [5.41, 5.74) is 2.40. The number of benzene rings is 2. The van der Waals surface area contributed by atoms with Gasteiger partial charge in [-0.3, -0.25) is 14.8 Å². The van der Waals surface area contributed by atoms with Crippen molar-refractivity contribution < 1.29 is 13.3 Å². The second kappa shape index (κ2) is 5.88. The maximum absolute atomic E-state index is 12.3. The van der Waals surface area contributed by atoms with Crippen LogP contribution in [0.15, 0.2) is 47.4 Å². The molecule has 0 radical (unpaired) electrons. The van der Waals surface area contributed by atoms with E-state index in [9.17, 15) is 18.5 Å². The summed E-state index contributed by atoms with van der Waals surface area (Å²) in [6.45, 7) is 0.867. The fraction of sp³-hybridized carbons (Fsp3) is 0.200. The number of non-ortho nitro benzene ring substituents is 1. The Hall–Kier alpha value is -2.61. The molecular weight excluding hydrogens is 318 g/mol. The average molecular weight is 333 g/mol. The second-order valence-corrected chi connectivity index (χ2v) is 6.94. The molecule has 0 aliphatic carbocycles. The maximum Gasteiger partial charge on any atom is 0.269 e. The van der Waals surface area contributed by atoms with Gasteiger partial charge in [-0.2, -0.15) is 0 Å². The van der Waals surface area contributed by atoms with E-state index in [1.807, 2.05) is 6.07 Å². The number of anilines is 2. The van der Waals surface area contributed by atoms with E-state index in [1.54, 1.807) is 12.1 Å². The number of nitro groups is 1. The molecule has 2 aromatic carbocycles. The number of rotatable bonds is 4. The van der Waals surface area contributed by atoms with Crippen LogP contribution in [-0.2, 0) is 16.4 Å². The zero-order valence-electron chi connectivity index (χ0n) is 12.2. The minimum absolute atomic E-state index is 0.0196. The molecule has 0 saturated carbocycles. The molecule has 2 N–H and O–H groups in total. The van der Waals surface area contributed by atoms with Crippen molar-refractivity contribution in [3.63, 3.8) is 0 Å². The van der Waals surface area contributed by atoms with E-state index < -0.39 is 14.9 Å². The van der Waals surface area contributed by atoms with Crippen LogP contribution in [0.4, 0.5) is 17.1 Å². The molecule has 0 bridgehead atoms. The van der Waals surface area contributed by atoms with Gasteiger partial charge < -0.3 is 5.32 Å². The molecule has 0 aromatic heterocycles. The Bertz CT molecular complexity index is 848. The second-order valence-electron chi connectivity index (χ2n) is 5.26. The van der Waals surface area contributed by atoms with Crippen LogP contribution in [-0.4, -0.2) is 19.9 Å². The van der Waals surface area contributed by atoms with E-state index in [1.165, 1.54) is 24.3 Å². The van der Waals surface area contributed by atoms with Crippen molar-refractivity contribution in [1.29, 1.82) is 0 Å². The third kappa shape index (κ3) is 3.26. The van der Waals surface area contributed by atoms with Crippen molar-refractivity contribution in [1.82, 2.24) is 0 Å². The first-order valence-corrected chi connectivity index (χ1v) is 8.58. The highest BCUT2D eigenvalue weighted by atomic mass is 32.2. The molecule has 2 aromatic rings. The molecule has 0 unspecified atom stereocenters. The molecule has 0 amide bonds. The lowest BCUT2D eigenvalue weighted by Gasteiger charge is -2.19. The molecular formula is C15H15N3O4S. The van der Waals surface area contributed by atoms with Gasteiger partial charge in [0.2, 0.25) is 0 Å². The molecule has 1 heterocycles. The quantitative estimate of drug-likeness (QED) is 0.662. The lowest BCUT2D eigenvalue weighted by Crippen LogP contribution is -2.15. The number of nitrogens with zero attached hydrogens (tertiary/aromatic N) is 1. The monoisotopic (exact) mass is 333 g/mol. The summed E-state index contributed by atoms with van der Waals surface area (Å²) in [4.78, 5) is 10.0. The molecule has 0 spiro atoms. The lowest BCUT2D eigenvalue weighted by atomic mass is 10.0. The third-order valence-electron chi connectivity index (χ3n) is 3.66. The van der Waals surface area contributed by atoms with Crippen LogP contribution >= 0.6 is 0 Å². The van der Waals surface area contributed by atoms with Crippen LogP contribution < -0.4 is 10.0 Å². The lowest BCUT2D eigenvalue weighted by molar-refractivity contribution is -0.384. The van der Waals surface area contributed by atoms with E-state index in [0.29, 0.717) is 5.69 Å². The Morgan fingerprint density at radius 1 is 1.13 bits per heavy atom. The molecule has 0 fully saturated rings. The van der Waals surface area contributed by atoms with Crippen LogP contribution in [0.3, 0.4) is 0 Å². The number of fused-ring (bicyclic) bond motifs is 1. The Balaban J connectivity index is 1.84. The van der Waals surface area contributed by atoms with Gasteiger partial charge in [0.25, 0.3) is 15.7 Å². The zero-order chi connectivity index (χ0) is 16.4. The predicted molar refractivity (Wildman–Crippen MR) is 87.2 cm³/mol. The molecule has 0 saturated heterocycles. The first-order valence-electron chi connectivity index (χ1n) is 7.10. The van der Waals surface area contributed by atoms with E-state index >= 15 is 0 Å². The van der Waals surface area contributed by atoms with E-state index in [-0.39, 0.29) is 10.6 Å². The molecule has 0 atom stereocenters. The molecule has 3 rings (SSSR count). The molecule has 7 nitrogen and oxygen atoms in total. The van der Waals surface area contributed by atoms with Crippen LogP contribution in [0.1, 0.15) is 12.0 Å². The first-order chi connectivity index (χ1) is 11.0. The van der Waals surface area contributed by atoms with Gasteiger partial charge in [-0.05, 0) is 42.7 Å². The SMILES string of the molecule is O=[N+]([O-])c1ccc(S(=O)(=O)Nc2ccc3c(c2)NCCC3)cc1. The van der Waals surface area contributed by atoms with Gasteiger partial charge in [-0.1, -0.05) is 6.07 Å². The summed E-state index contributed by atoms with van der Waals surface area (Å²) in [6.07, 6.45) is 2.03. The zero-order valence-corrected chi connectivity index (χ0v) is 13.0. The molecule has 23 heavy (non-hydrogen) atoms. The fourth-order valence-corrected chi connectivity index (χ4v) is 3.53. The smallest absolute Gasteiger partial charge is 0.269 e. The first kappa shape index (κ1) is 15.3. The van der Waals surface area contributed by atoms with E-state index in [2.05, 4.69) is 10.0 Å². The highest BCUT2D eigenvalue weighted by Gasteiger charge is 2.17. The molecule has 1 aliphatic heterocycles. The summed E-state index contributed by atoms with van der Waals surface area (Å²) in [5.74, 6) is 0. The minimum Gasteiger partial charge on any atom is -0.385 e. The topological polar surface area (TPSA) is 101 Å². The summed E-state index contributed by atoms with van der Waals surface area (Å²) >= 11 is 0. The van der Waals surface area contributed by atoms with Crippen molar-refractivity contribution in [2.45, 2.75) is 17.7 Å². The highest BCUT2D eigenvalue weighted by Crippen LogP contribution is 2.27. The molecule has 8 heteroatoms. The molecule has 120 valence electrons. The summed E-state index contributed by atoms with van der Waals surface area (Å²) in [6, 6.07) is 10.2. The number of nitro benzene ring substituents is 1. The Kier molecular flexibility index (Phi) is 3.91. The minimum atomic E-state index is -3.78. The number of nitrogens with one attached hydrogen (secondary N) is 2. The Labute approximate surface area is 133 Å². The predicted octanol–water partition coefficient (Wildman–Crippen LogP) is 2.75. The van der Waals surface area contributed by atoms with Crippen molar-refractivity contribution in [3.8, 4) is 0 Å². The van der Waals surface area contributed by atoms with Gasteiger partial charge in [0, 0.05) is 24.4 Å². The van der Waals surface area contributed by atoms with Crippen LogP contribution in [0.5, 0.6) is 0 Å². The van der Waals surface area contributed by atoms with Crippen molar-refractivity contribution in [3.05, 3.63) is 58.1 Å². The highest BCUT2D eigenvalue weighted by molar-refractivity contribution is 7.92. The maximum atomic E-state index is 12.3. The van der Waals surface area contributed by atoms with Crippen LogP contribution in [0.25, 0.3) is 0 Å². The number of aryl methyl sites for hydroxylation is 1. The summed E-state index contributed by atoms with van der Waals surface area (Å²) in [5, 5.41) is 13.9. The van der Waals surface area contributed by atoms with Gasteiger partial charge in [0.1, 0.15) is 0 Å². The van der Waals surface area contributed by atoms with Crippen molar-refractivity contribution >= 4 is 27.1 Å². The molecule has 1 aliphatic rings. The van der Waals surface area contributed by atoms with Crippen LogP contribution in [0, 0.1) is 10.1 Å². The summed E-state index contributed by atoms with van der Waals surface area (Å²) < 4.78 is 27.2. The average Bonchev–Trinajstić information content (AvgIpc) is 2.54. The van der Waals surface area contributed by atoms with Crippen molar-refractivity contribution in [2.24, 2.45) is 0 Å². The van der Waals surface area contributed by atoms with Gasteiger partial charge in [-0.25, -0.2) is 8.42 Å². The van der Waals surface area contributed by atoms with E-state index in [4.69, 9.17) is 0 Å². The number of hydrogen-bond donors (Lipinski definition) is 2. The number of sulfonamides is 1. The Morgan fingerprint density at radius 3 is 2.57 bits per heavy atom. The Morgan fingerprint density at radius 2 is 1.87 bits per heavy atom. The normalized spacial score (nSPS) is 13.7. The van der Waals surface area contributed by atoms with Crippen LogP contribution in [0.2, 0.25) is 0 Å². The standard InChI is InChI=1S/C15H15N3O4S/c19-18(20)13-5-7-14(8-6-13)23(21,22)17-12-4-3-11-2-1-9-16-15(11)10-12/h3-8,10,16-17H,1-2,9H2. The third-order valence-corrected chi connectivity index (χ3v) is 5.06.